The van der Waals surface area contributed by atoms with E-state index < -0.39 is 17.7 Å². The van der Waals surface area contributed by atoms with Crippen molar-refractivity contribution in [2.24, 2.45) is 17.3 Å². The second-order valence-corrected chi connectivity index (χ2v) is 10.4. The number of hydrogen-bond donors (Lipinski definition) is 3. The van der Waals surface area contributed by atoms with Crippen molar-refractivity contribution in [3.05, 3.63) is 52.5 Å². The number of ether oxygens (including phenoxy) is 1. The van der Waals surface area contributed by atoms with Crippen molar-refractivity contribution in [3.8, 4) is 11.5 Å². The van der Waals surface area contributed by atoms with Gasteiger partial charge in [0, 0.05) is 28.8 Å². The Balaban J connectivity index is 1.64. The minimum Gasteiger partial charge on any atom is -0.457 e. The third-order valence-corrected chi connectivity index (χ3v) is 5.81. The maximum atomic E-state index is 13.0. The van der Waals surface area contributed by atoms with E-state index in [-0.39, 0.29) is 11.3 Å². The third kappa shape index (κ3) is 7.33. The summed E-state index contributed by atoms with van der Waals surface area (Å²) < 4.78 is 5.76. The Bertz CT molecular complexity index is 972. The summed E-state index contributed by atoms with van der Waals surface area (Å²) in [5.41, 5.74) is 2.37. The number of nitrogens with zero attached hydrogens (tertiary/aromatic N) is 1. The van der Waals surface area contributed by atoms with Gasteiger partial charge in [0.25, 0.3) is 0 Å². The molecule has 0 aromatic heterocycles. The summed E-state index contributed by atoms with van der Waals surface area (Å²) in [6.07, 6.45) is 0.525. The first kappa shape index (κ1) is 25.3. The highest BCUT2D eigenvalue weighted by atomic mass is 35.5. The Morgan fingerprint density at radius 3 is 2.24 bits per heavy atom. The number of carbonyl (C=O) groups excluding carboxylic acids is 2. The van der Waals surface area contributed by atoms with Gasteiger partial charge in [-0.1, -0.05) is 44.0 Å². The molecular formula is C24H29Cl2N3O4. The lowest BCUT2D eigenvalue weighted by Gasteiger charge is -2.39. The molecule has 0 radical (unpaired) electrons. The van der Waals surface area contributed by atoms with Crippen LogP contribution in [0, 0.1) is 17.3 Å². The van der Waals surface area contributed by atoms with Crippen LogP contribution < -0.4 is 15.5 Å². The zero-order chi connectivity index (χ0) is 24.2. The number of amides is 2. The number of benzene rings is 2. The van der Waals surface area contributed by atoms with Crippen LogP contribution in [0.3, 0.4) is 0 Å². The van der Waals surface area contributed by atoms with E-state index in [1.165, 1.54) is 0 Å². The summed E-state index contributed by atoms with van der Waals surface area (Å²) in [5.74, 6) is -0.922. The molecule has 0 aliphatic carbocycles. The second-order valence-electron chi connectivity index (χ2n) is 9.49. The molecule has 1 aliphatic heterocycles. The maximum absolute atomic E-state index is 13.0. The second kappa shape index (κ2) is 10.7. The molecule has 178 valence electrons. The van der Waals surface area contributed by atoms with E-state index in [0.29, 0.717) is 46.7 Å². The van der Waals surface area contributed by atoms with E-state index in [4.69, 9.17) is 27.9 Å². The van der Waals surface area contributed by atoms with Gasteiger partial charge in [-0.25, -0.2) is 5.48 Å². The standard InChI is InChI=1S/C24H29Cl2N3O4/c1-24(2,3)14-29-9-8-20(21(13-29)23(31)28-32)22(30)27-17-4-6-18(7-5-17)33-19-11-15(25)10-16(26)12-19/h4-7,10-12,20-21,32H,8-9,13-14H2,1-3H3,(H,27,30)(H,28,31)/t20?,21-/m0/s1. The molecule has 9 heteroatoms. The number of rotatable bonds is 6. The van der Waals surface area contributed by atoms with Crippen molar-refractivity contribution in [2.45, 2.75) is 27.2 Å². The van der Waals surface area contributed by atoms with Crippen LogP contribution in [0.1, 0.15) is 27.2 Å². The highest BCUT2D eigenvalue weighted by Crippen LogP contribution is 2.30. The topological polar surface area (TPSA) is 90.9 Å². The van der Waals surface area contributed by atoms with Gasteiger partial charge >= 0.3 is 0 Å². The molecule has 1 unspecified atom stereocenters. The van der Waals surface area contributed by atoms with E-state index in [2.05, 4.69) is 31.0 Å². The minimum absolute atomic E-state index is 0.0650. The largest absolute Gasteiger partial charge is 0.457 e. The lowest BCUT2D eigenvalue weighted by molar-refractivity contribution is -0.142. The van der Waals surface area contributed by atoms with Gasteiger partial charge in [-0.3, -0.25) is 14.8 Å². The SMILES string of the molecule is CC(C)(C)CN1CCC(C(=O)Nc2ccc(Oc3cc(Cl)cc(Cl)c3)cc2)[C@@H](C(=O)NO)C1. The number of hydrogen-bond acceptors (Lipinski definition) is 5. The molecule has 2 aromatic carbocycles. The first-order chi connectivity index (χ1) is 15.5. The molecule has 2 atom stereocenters. The van der Waals surface area contributed by atoms with Gasteiger partial charge in [0.2, 0.25) is 11.8 Å². The fourth-order valence-electron chi connectivity index (χ4n) is 4.06. The molecule has 33 heavy (non-hydrogen) atoms. The summed E-state index contributed by atoms with van der Waals surface area (Å²) in [7, 11) is 0. The number of likely N-dealkylation sites (tertiary alicyclic amines) is 1. The zero-order valence-electron chi connectivity index (χ0n) is 18.9. The van der Waals surface area contributed by atoms with E-state index in [1.807, 2.05) is 0 Å². The third-order valence-electron chi connectivity index (χ3n) is 5.37. The van der Waals surface area contributed by atoms with Gasteiger partial charge in [0.15, 0.2) is 0 Å². The average molecular weight is 494 g/mol. The van der Waals surface area contributed by atoms with Crippen molar-refractivity contribution in [1.82, 2.24) is 10.4 Å². The average Bonchev–Trinajstić information content (AvgIpc) is 2.72. The fraction of sp³-hybridized carbons (Fsp3) is 0.417. The molecule has 3 N–H and O–H groups in total. The van der Waals surface area contributed by atoms with E-state index >= 15 is 0 Å². The summed E-state index contributed by atoms with van der Waals surface area (Å²) in [6, 6.07) is 11.8. The Morgan fingerprint density at radius 1 is 1.03 bits per heavy atom. The van der Waals surface area contributed by atoms with E-state index in [9.17, 15) is 14.8 Å². The van der Waals surface area contributed by atoms with Crippen LogP contribution in [0.5, 0.6) is 11.5 Å². The first-order valence-electron chi connectivity index (χ1n) is 10.8. The number of nitrogens with one attached hydrogen (secondary N) is 2. The number of hydroxylamine groups is 1. The summed E-state index contributed by atoms with van der Waals surface area (Å²) in [4.78, 5) is 27.5. The maximum Gasteiger partial charge on any atom is 0.248 e. The van der Waals surface area contributed by atoms with Crippen molar-refractivity contribution in [2.75, 3.05) is 25.0 Å². The lowest BCUT2D eigenvalue weighted by Crippen LogP contribution is -2.51. The van der Waals surface area contributed by atoms with Crippen LogP contribution in [0.4, 0.5) is 5.69 Å². The fourth-order valence-corrected chi connectivity index (χ4v) is 4.57. The van der Waals surface area contributed by atoms with Crippen molar-refractivity contribution in [3.63, 3.8) is 0 Å². The van der Waals surface area contributed by atoms with Crippen LogP contribution in [-0.2, 0) is 9.59 Å². The molecular weight excluding hydrogens is 465 g/mol. The minimum atomic E-state index is -0.638. The van der Waals surface area contributed by atoms with Crippen LogP contribution in [0.25, 0.3) is 0 Å². The number of halogens is 2. The Morgan fingerprint density at radius 2 is 1.67 bits per heavy atom. The molecule has 3 rings (SSSR count). The molecule has 1 aliphatic rings. The normalized spacial score (nSPS) is 19.1. The number of piperidine rings is 1. The van der Waals surface area contributed by atoms with Crippen LogP contribution in [0.15, 0.2) is 42.5 Å². The highest BCUT2D eigenvalue weighted by Gasteiger charge is 2.39. The molecule has 0 spiro atoms. The molecule has 2 aromatic rings. The lowest BCUT2D eigenvalue weighted by atomic mass is 9.83. The molecule has 1 fully saturated rings. The van der Waals surface area contributed by atoms with Gasteiger partial charge < -0.3 is 15.0 Å². The highest BCUT2D eigenvalue weighted by molar-refractivity contribution is 6.34. The van der Waals surface area contributed by atoms with Crippen molar-refractivity contribution < 1.29 is 19.5 Å². The van der Waals surface area contributed by atoms with Crippen LogP contribution in [-0.4, -0.2) is 41.6 Å². The Kier molecular flexibility index (Phi) is 8.23. The Labute approximate surface area is 204 Å². The molecule has 0 saturated carbocycles. The molecule has 2 amide bonds. The van der Waals surface area contributed by atoms with Gasteiger partial charge in [-0.2, -0.15) is 0 Å². The molecule has 1 heterocycles. The monoisotopic (exact) mass is 493 g/mol. The quantitative estimate of drug-likeness (QED) is 0.379. The first-order valence-corrected chi connectivity index (χ1v) is 11.5. The van der Waals surface area contributed by atoms with Crippen LogP contribution in [0.2, 0.25) is 10.0 Å². The molecule has 1 saturated heterocycles. The van der Waals surface area contributed by atoms with Gasteiger partial charge in [-0.15, -0.1) is 0 Å². The van der Waals surface area contributed by atoms with Crippen LogP contribution >= 0.6 is 23.2 Å². The summed E-state index contributed by atoms with van der Waals surface area (Å²) in [6.45, 7) is 8.30. The van der Waals surface area contributed by atoms with Gasteiger partial charge in [-0.05, 0) is 60.8 Å². The predicted molar refractivity (Wildman–Crippen MR) is 129 cm³/mol. The van der Waals surface area contributed by atoms with E-state index in [1.54, 1.807) is 47.9 Å². The van der Waals surface area contributed by atoms with Gasteiger partial charge in [0.05, 0.1) is 11.8 Å². The van der Waals surface area contributed by atoms with E-state index in [0.717, 1.165) is 6.54 Å². The smallest absolute Gasteiger partial charge is 0.248 e. The summed E-state index contributed by atoms with van der Waals surface area (Å²) >= 11 is 12.0. The van der Waals surface area contributed by atoms with Crippen molar-refractivity contribution in [1.29, 1.82) is 0 Å². The summed E-state index contributed by atoms with van der Waals surface area (Å²) in [5, 5.41) is 13.0. The van der Waals surface area contributed by atoms with Crippen molar-refractivity contribution >= 4 is 40.7 Å². The van der Waals surface area contributed by atoms with Gasteiger partial charge in [0.1, 0.15) is 11.5 Å². The zero-order valence-corrected chi connectivity index (χ0v) is 20.4. The molecule has 0 bridgehead atoms. The number of anilines is 1. The number of carbonyl (C=O) groups is 2. The molecule has 7 nitrogen and oxygen atoms in total. The Hall–Kier alpha value is -2.32. The predicted octanol–water partition coefficient (Wildman–Crippen LogP) is 5.21.